The van der Waals surface area contributed by atoms with Crippen LogP contribution in [0.15, 0.2) is 71.9 Å². The van der Waals surface area contributed by atoms with Crippen LogP contribution in [0, 0.1) is 19.3 Å². The first kappa shape index (κ1) is 44.3. The van der Waals surface area contributed by atoms with Gasteiger partial charge in [-0.2, -0.15) is 0 Å². The third-order valence-electron chi connectivity index (χ3n) is 10.6. The third kappa shape index (κ3) is 10.4. The molecule has 2 atom stereocenters. The molecule has 5 rings (SSSR count). The molecule has 3 aromatic carbocycles. The topological polar surface area (TPSA) is 205 Å². The minimum Gasteiger partial charge on any atom is -0.493 e. The highest BCUT2D eigenvalue weighted by atomic mass is 35.5. The Morgan fingerprint density at radius 2 is 1.64 bits per heavy atom. The molecular weight excluding hydrogens is 790 g/mol. The van der Waals surface area contributed by atoms with Crippen molar-refractivity contribution >= 4 is 33.4 Å². The summed E-state index contributed by atoms with van der Waals surface area (Å²) in [5.74, 6) is -0.886. The number of halogens is 1. The molecule has 1 aromatic heterocycles. The maximum atomic E-state index is 12.1. The first-order chi connectivity index (χ1) is 27.5. The van der Waals surface area contributed by atoms with E-state index in [1.165, 1.54) is 25.4 Å². The molecule has 0 saturated carbocycles. The minimum atomic E-state index is -3.51. The summed E-state index contributed by atoms with van der Waals surface area (Å²) in [5.41, 5.74) is 3.02. The zero-order chi connectivity index (χ0) is 42.3. The van der Waals surface area contributed by atoms with E-state index >= 15 is 0 Å². The molecular formula is C42H50ClN3O11S. The van der Waals surface area contributed by atoms with E-state index in [-0.39, 0.29) is 36.3 Å². The SMILES string of the molecule is Cc1c(COc2cc(OCc3cncc(S(C)(=O)=O)c3)c(CN[C@](C)(CO)C(=O)O)cc2Cl)cccc1-c1cccc(OCCCN2CCC(CO)(C(=O)O)C2)c1C. The van der Waals surface area contributed by atoms with Crippen LogP contribution in [-0.4, -0.2) is 102 Å². The smallest absolute Gasteiger partial charge is 0.326 e. The largest absolute Gasteiger partial charge is 0.493 e. The molecule has 16 heteroatoms. The summed E-state index contributed by atoms with van der Waals surface area (Å²) in [6.45, 7) is 6.38. The zero-order valence-electron chi connectivity index (χ0n) is 33.0. The predicted octanol–water partition coefficient (Wildman–Crippen LogP) is 5.04. The summed E-state index contributed by atoms with van der Waals surface area (Å²) in [7, 11) is -3.51. The molecule has 14 nitrogen and oxygen atoms in total. The maximum Gasteiger partial charge on any atom is 0.326 e. The molecule has 2 heterocycles. The molecule has 0 aliphatic carbocycles. The third-order valence-corrected chi connectivity index (χ3v) is 12.0. The quantitative estimate of drug-likeness (QED) is 0.0740. The number of rotatable bonds is 20. The van der Waals surface area contributed by atoms with Crippen LogP contribution >= 0.6 is 11.6 Å². The van der Waals surface area contributed by atoms with E-state index in [9.17, 15) is 38.4 Å². The normalized spacial score (nSPS) is 16.8. The number of carboxylic acids is 2. The Balaban J connectivity index is 1.30. The summed E-state index contributed by atoms with van der Waals surface area (Å²) in [4.78, 5) is 29.6. The summed E-state index contributed by atoms with van der Waals surface area (Å²) < 4.78 is 42.8. The summed E-state index contributed by atoms with van der Waals surface area (Å²) in [5, 5.41) is 41.8. The van der Waals surface area contributed by atoms with Gasteiger partial charge in [-0.25, -0.2) is 8.42 Å². The molecule has 312 valence electrons. The van der Waals surface area contributed by atoms with Gasteiger partial charge in [0.25, 0.3) is 0 Å². The number of likely N-dealkylation sites (tertiary alicyclic amines) is 1. The molecule has 0 spiro atoms. The Morgan fingerprint density at radius 1 is 0.931 bits per heavy atom. The number of hydrogen-bond acceptors (Lipinski definition) is 12. The highest BCUT2D eigenvalue weighted by Gasteiger charge is 2.44. The van der Waals surface area contributed by atoms with Gasteiger partial charge in [-0.1, -0.05) is 41.9 Å². The molecule has 1 aliphatic heterocycles. The van der Waals surface area contributed by atoms with Crippen LogP contribution in [0.3, 0.4) is 0 Å². The highest BCUT2D eigenvalue weighted by Crippen LogP contribution is 2.37. The maximum absolute atomic E-state index is 12.1. The van der Waals surface area contributed by atoms with E-state index in [2.05, 4.69) is 15.2 Å². The number of aliphatic hydroxyl groups is 2. The molecule has 1 saturated heterocycles. The first-order valence-corrected chi connectivity index (χ1v) is 21.0. The van der Waals surface area contributed by atoms with Gasteiger partial charge in [-0.05, 0) is 86.2 Å². The van der Waals surface area contributed by atoms with E-state index in [4.69, 9.17) is 25.8 Å². The molecule has 0 amide bonds. The molecule has 5 N–H and O–H groups in total. The van der Waals surface area contributed by atoms with Crippen molar-refractivity contribution < 1.29 is 52.6 Å². The van der Waals surface area contributed by atoms with Crippen LogP contribution in [0.25, 0.3) is 11.1 Å². The molecule has 1 fully saturated rings. The second-order valence-corrected chi connectivity index (χ2v) is 17.3. The lowest BCUT2D eigenvalue weighted by Crippen LogP contribution is -2.52. The Kier molecular flexibility index (Phi) is 14.4. The fraction of sp³-hybridized carbons (Fsp3) is 0.405. The number of nitrogens with one attached hydrogen (secondary N) is 1. The second kappa shape index (κ2) is 18.9. The van der Waals surface area contributed by atoms with Crippen molar-refractivity contribution in [3.8, 4) is 28.4 Å². The van der Waals surface area contributed by atoms with Crippen molar-refractivity contribution in [2.24, 2.45) is 5.41 Å². The van der Waals surface area contributed by atoms with Crippen LogP contribution in [0.5, 0.6) is 17.2 Å². The second-order valence-electron chi connectivity index (χ2n) is 14.9. The monoisotopic (exact) mass is 839 g/mol. The van der Waals surface area contributed by atoms with Gasteiger partial charge < -0.3 is 39.5 Å². The number of sulfone groups is 1. The minimum absolute atomic E-state index is 0.0346. The van der Waals surface area contributed by atoms with E-state index in [1.54, 1.807) is 12.1 Å². The van der Waals surface area contributed by atoms with E-state index in [1.807, 2.05) is 50.2 Å². The number of aliphatic hydroxyl groups excluding tert-OH is 2. The molecule has 0 bridgehead atoms. The van der Waals surface area contributed by atoms with Crippen molar-refractivity contribution in [2.45, 2.75) is 63.8 Å². The lowest BCUT2D eigenvalue weighted by Gasteiger charge is -2.25. The fourth-order valence-corrected chi connectivity index (χ4v) is 7.55. The van der Waals surface area contributed by atoms with Gasteiger partial charge in [0.1, 0.15) is 41.4 Å². The summed E-state index contributed by atoms with van der Waals surface area (Å²) in [6, 6.07) is 16.5. The average molecular weight is 840 g/mol. The van der Waals surface area contributed by atoms with Crippen LogP contribution < -0.4 is 19.5 Å². The number of hydrogen-bond donors (Lipinski definition) is 5. The molecule has 4 aromatic rings. The van der Waals surface area contributed by atoms with Gasteiger partial charge in [0, 0.05) is 55.5 Å². The first-order valence-electron chi connectivity index (χ1n) is 18.7. The van der Waals surface area contributed by atoms with Gasteiger partial charge in [-0.15, -0.1) is 0 Å². The number of carboxylic acid groups (broad SMARTS) is 2. The Bertz CT molecular complexity index is 2240. The van der Waals surface area contributed by atoms with Gasteiger partial charge in [0.05, 0.1) is 29.7 Å². The van der Waals surface area contributed by atoms with Crippen LogP contribution in [-0.2, 0) is 39.2 Å². The van der Waals surface area contributed by atoms with Gasteiger partial charge >= 0.3 is 11.9 Å². The fourth-order valence-electron chi connectivity index (χ4n) is 6.70. The summed E-state index contributed by atoms with van der Waals surface area (Å²) >= 11 is 6.73. The number of aromatic nitrogens is 1. The van der Waals surface area contributed by atoms with Crippen molar-refractivity contribution in [1.29, 1.82) is 0 Å². The number of aliphatic carboxylic acids is 2. The van der Waals surface area contributed by atoms with Gasteiger partial charge in [0.2, 0.25) is 0 Å². The average Bonchev–Trinajstić information content (AvgIpc) is 3.63. The number of ether oxygens (including phenoxy) is 3. The number of carbonyl (C=O) groups is 2. The van der Waals surface area contributed by atoms with E-state index < -0.39 is 39.3 Å². The van der Waals surface area contributed by atoms with Crippen LogP contribution in [0.4, 0.5) is 0 Å². The van der Waals surface area contributed by atoms with Crippen LogP contribution in [0.1, 0.15) is 47.6 Å². The Hall–Kier alpha value is -4.77. The van der Waals surface area contributed by atoms with Crippen molar-refractivity contribution in [3.05, 3.63) is 99.8 Å². The molecule has 0 radical (unpaired) electrons. The van der Waals surface area contributed by atoms with Crippen LogP contribution in [0.2, 0.25) is 5.02 Å². The molecule has 1 aliphatic rings. The Labute approximate surface area is 343 Å². The Morgan fingerprint density at radius 3 is 2.29 bits per heavy atom. The molecule has 1 unspecified atom stereocenters. The van der Waals surface area contributed by atoms with Crippen molar-refractivity contribution in [2.75, 3.05) is 45.7 Å². The number of nitrogens with zero attached hydrogens (tertiary/aromatic N) is 2. The summed E-state index contributed by atoms with van der Waals surface area (Å²) in [6.07, 6.45) is 4.93. The highest BCUT2D eigenvalue weighted by molar-refractivity contribution is 7.90. The number of benzene rings is 3. The lowest BCUT2D eigenvalue weighted by atomic mass is 9.88. The molecule has 58 heavy (non-hydrogen) atoms. The lowest BCUT2D eigenvalue weighted by molar-refractivity contribution is -0.150. The zero-order valence-corrected chi connectivity index (χ0v) is 34.5. The van der Waals surface area contributed by atoms with Crippen molar-refractivity contribution in [1.82, 2.24) is 15.2 Å². The van der Waals surface area contributed by atoms with Crippen molar-refractivity contribution in [3.63, 3.8) is 0 Å². The predicted molar refractivity (Wildman–Crippen MR) is 217 cm³/mol. The number of pyridine rings is 1. The van der Waals surface area contributed by atoms with Gasteiger partial charge in [-0.3, -0.25) is 19.9 Å². The van der Waals surface area contributed by atoms with E-state index in [0.717, 1.165) is 39.8 Å². The van der Waals surface area contributed by atoms with E-state index in [0.29, 0.717) is 61.7 Å². The van der Waals surface area contributed by atoms with Gasteiger partial charge in [0.15, 0.2) is 9.84 Å². The standard InChI is InChI=1S/C42H50ClN3O11S/c1-27-30(8-5-9-33(27)34-10-6-11-36(28(34)2)55-15-7-13-46-14-12-42(24-46,26-48)40(51)52)23-57-38-18-37(56-22-29-16-32(21-44-19-29)58(4,53)54)31(17-35(38)43)20-45-41(3,25-47)39(49)50/h5-6,8-11,16-19,21,45,47-48H,7,12-15,20,22-26H2,1-4H3,(H,49,50)(H,51,52)/t41-,42?/m1/s1.